The predicted molar refractivity (Wildman–Crippen MR) is 90.3 cm³/mol. The molecule has 0 radical (unpaired) electrons. The summed E-state index contributed by atoms with van der Waals surface area (Å²) in [5.74, 6) is 0.658. The molecule has 0 spiro atoms. The first-order chi connectivity index (χ1) is 11.9. The second-order valence-corrected chi connectivity index (χ2v) is 5.81. The van der Waals surface area contributed by atoms with Crippen LogP contribution < -0.4 is 4.90 Å². The molecule has 1 fully saturated rings. The maximum absolute atomic E-state index is 9.53. The molecule has 1 atom stereocenters. The van der Waals surface area contributed by atoms with Crippen LogP contribution in [0.1, 0.15) is 12.8 Å². The monoisotopic (exact) mass is 322 g/mol. The maximum Gasteiger partial charge on any atom is 0.226 e. The number of nitrogens with one attached hydrogen (secondary N) is 1. The van der Waals surface area contributed by atoms with Crippen molar-refractivity contribution in [2.24, 2.45) is 0 Å². The Morgan fingerprint density at radius 2 is 2.08 bits per heavy atom. The fourth-order valence-electron chi connectivity index (χ4n) is 3.14. The van der Waals surface area contributed by atoms with Crippen molar-refractivity contribution in [3.05, 3.63) is 43.0 Å². The van der Waals surface area contributed by atoms with Gasteiger partial charge in [0.1, 0.15) is 0 Å². The van der Waals surface area contributed by atoms with Gasteiger partial charge >= 0.3 is 0 Å². The van der Waals surface area contributed by atoms with Crippen LogP contribution in [0.5, 0.6) is 0 Å². The van der Waals surface area contributed by atoms with Gasteiger partial charge in [0.05, 0.1) is 30.2 Å². The van der Waals surface area contributed by atoms with Gasteiger partial charge in [0.25, 0.3) is 0 Å². The van der Waals surface area contributed by atoms with E-state index in [1.807, 2.05) is 18.2 Å². The Bertz CT molecular complexity index is 819. The molecule has 2 N–H and O–H groups in total. The maximum atomic E-state index is 9.53. The van der Waals surface area contributed by atoms with Crippen LogP contribution in [0.2, 0.25) is 0 Å². The molecular formula is C17H18N6O. The zero-order chi connectivity index (χ0) is 16.4. The van der Waals surface area contributed by atoms with Crippen molar-refractivity contribution in [3.8, 4) is 22.5 Å². The molecule has 4 heterocycles. The molecule has 0 aromatic carbocycles. The minimum atomic E-state index is 0.101. The lowest BCUT2D eigenvalue weighted by Crippen LogP contribution is -2.33. The van der Waals surface area contributed by atoms with Gasteiger partial charge in [-0.05, 0) is 31.0 Å². The van der Waals surface area contributed by atoms with E-state index in [1.165, 1.54) is 0 Å². The van der Waals surface area contributed by atoms with E-state index in [2.05, 4.69) is 25.1 Å². The molecule has 7 heteroatoms. The first-order valence-corrected chi connectivity index (χ1v) is 8.01. The summed E-state index contributed by atoms with van der Waals surface area (Å²) >= 11 is 0. The Hall–Kier alpha value is -2.80. The zero-order valence-electron chi connectivity index (χ0n) is 13.1. The number of aromatic amines is 1. The number of aliphatic hydroxyl groups excluding tert-OH is 1. The molecule has 122 valence electrons. The van der Waals surface area contributed by atoms with Gasteiger partial charge in [0.15, 0.2) is 0 Å². The summed E-state index contributed by atoms with van der Waals surface area (Å²) in [5.41, 5.74) is 3.64. The van der Waals surface area contributed by atoms with Gasteiger partial charge in [-0.1, -0.05) is 0 Å². The fraction of sp³-hybridized carbons (Fsp3) is 0.294. The van der Waals surface area contributed by atoms with E-state index in [4.69, 9.17) is 4.98 Å². The van der Waals surface area contributed by atoms with Crippen LogP contribution in [0.15, 0.2) is 43.0 Å². The number of hydrogen-bond donors (Lipinski definition) is 2. The van der Waals surface area contributed by atoms with E-state index < -0.39 is 0 Å². The highest BCUT2D eigenvalue weighted by Crippen LogP contribution is 2.30. The number of aliphatic hydroxyl groups is 1. The van der Waals surface area contributed by atoms with Crippen LogP contribution in [0.4, 0.5) is 5.95 Å². The Morgan fingerprint density at radius 1 is 1.21 bits per heavy atom. The number of rotatable bonds is 4. The number of nitrogens with zero attached hydrogens (tertiary/aromatic N) is 5. The Labute approximate surface area is 139 Å². The number of aromatic nitrogens is 5. The van der Waals surface area contributed by atoms with Crippen LogP contribution >= 0.6 is 0 Å². The molecule has 0 bridgehead atoms. The first-order valence-electron chi connectivity index (χ1n) is 8.01. The molecule has 7 nitrogen and oxygen atoms in total. The average Bonchev–Trinajstić information content (AvgIpc) is 3.31. The molecule has 0 aliphatic carbocycles. The molecule has 1 saturated heterocycles. The first kappa shape index (κ1) is 14.8. The molecule has 24 heavy (non-hydrogen) atoms. The smallest absolute Gasteiger partial charge is 0.226 e. The van der Waals surface area contributed by atoms with Crippen molar-refractivity contribution in [1.29, 1.82) is 0 Å². The molecule has 3 aromatic rings. The van der Waals surface area contributed by atoms with Crippen molar-refractivity contribution < 1.29 is 5.11 Å². The molecule has 3 aromatic heterocycles. The lowest BCUT2D eigenvalue weighted by atomic mass is 10.1. The van der Waals surface area contributed by atoms with Crippen molar-refractivity contribution in [2.75, 3.05) is 18.1 Å². The van der Waals surface area contributed by atoms with E-state index in [0.29, 0.717) is 5.95 Å². The number of hydrogen-bond acceptors (Lipinski definition) is 6. The number of anilines is 1. The van der Waals surface area contributed by atoms with Crippen molar-refractivity contribution in [2.45, 2.75) is 18.9 Å². The van der Waals surface area contributed by atoms with E-state index in [9.17, 15) is 5.11 Å². The van der Waals surface area contributed by atoms with Gasteiger partial charge < -0.3 is 10.0 Å². The van der Waals surface area contributed by atoms with Gasteiger partial charge in [-0.3, -0.25) is 10.1 Å². The summed E-state index contributed by atoms with van der Waals surface area (Å²) in [4.78, 5) is 15.2. The number of H-pyrrole nitrogens is 1. The lowest BCUT2D eigenvalue weighted by molar-refractivity contribution is 0.265. The Balaban J connectivity index is 1.72. The van der Waals surface area contributed by atoms with Gasteiger partial charge in [-0.25, -0.2) is 9.97 Å². The highest BCUT2D eigenvalue weighted by atomic mass is 16.3. The van der Waals surface area contributed by atoms with Crippen LogP contribution in [-0.2, 0) is 0 Å². The molecule has 0 amide bonds. The Morgan fingerprint density at radius 3 is 2.92 bits per heavy atom. The molecular weight excluding hydrogens is 304 g/mol. The third-order valence-corrected chi connectivity index (χ3v) is 4.37. The molecule has 1 aliphatic heterocycles. The third-order valence-electron chi connectivity index (χ3n) is 4.37. The second-order valence-electron chi connectivity index (χ2n) is 5.81. The molecule has 1 aliphatic rings. The topological polar surface area (TPSA) is 90.8 Å². The minimum absolute atomic E-state index is 0.101. The standard InChI is InChI=1S/C17H18N6O/c24-11-13-2-1-9-23(13)17-19-8-5-15(21-17)14-10-20-22-16(14)12-3-6-18-7-4-12/h3-8,10,13,24H,1-2,9,11H2,(H,20,22)/t13-/m0/s1. The quantitative estimate of drug-likeness (QED) is 0.762. The van der Waals surface area contributed by atoms with Crippen molar-refractivity contribution in [1.82, 2.24) is 25.1 Å². The number of pyridine rings is 1. The molecule has 0 saturated carbocycles. The summed E-state index contributed by atoms with van der Waals surface area (Å²) in [6.45, 7) is 0.999. The summed E-state index contributed by atoms with van der Waals surface area (Å²) in [6.07, 6.45) is 9.05. The highest BCUT2D eigenvalue weighted by molar-refractivity contribution is 5.78. The van der Waals surface area contributed by atoms with Gasteiger partial charge in [0, 0.05) is 36.3 Å². The molecule has 4 rings (SSSR count). The highest BCUT2D eigenvalue weighted by Gasteiger charge is 2.26. The zero-order valence-corrected chi connectivity index (χ0v) is 13.1. The van der Waals surface area contributed by atoms with Gasteiger partial charge in [0.2, 0.25) is 5.95 Å². The molecule has 0 unspecified atom stereocenters. The minimum Gasteiger partial charge on any atom is -0.394 e. The van der Waals surface area contributed by atoms with Crippen molar-refractivity contribution >= 4 is 5.95 Å². The van der Waals surface area contributed by atoms with Crippen LogP contribution in [0.3, 0.4) is 0 Å². The normalized spacial score (nSPS) is 17.4. The second kappa shape index (κ2) is 6.37. The van der Waals surface area contributed by atoms with E-state index in [-0.39, 0.29) is 12.6 Å². The summed E-state index contributed by atoms with van der Waals surface area (Å²) in [5, 5.41) is 16.7. The van der Waals surface area contributed by atoms with Crippen LogP contribution in [-0.4, -0.2) is 49.4 Å². The van der Waals surface area contributed by atoms with E-state index >= 15 is 0 Å². The largest absolute Gasteiger partial charge is 0.394 e. The van der Waals surface area contributed by atoms with Gasteiger partial charge in [-0.15, -0.1) is 0 Å². The summed E-state index contributed by atoms with van der Waals surface area (Å²) in [6, 6.07) is 5.84. The summed E-state index contributed by atoms with van der Waals surface area (Å²) < 4.78 is 0. The van der Waals surface area contributed by atoms with Gasteiger partial charge in [-0.2, -0.15) is 5.10 Å². The summed E-state index contributed by atoms with van der Waals surface area (Å²) in [7, 11) is 0. The Kier molecular flexibility index (Phi) is 3.92. The van der Waals surface area contributed by atoms with Crippen LogP contribution in [0.25, 0.3) is 22.5 Å². The lowest BCUT2D eigenvalue weighted by Gasteiger charge is -2.23. The van der Waals surface area contributed by atoms with E-state index in [1.54, 1.807) is 24.8 Å². The van der Waals surface area contributed by atoms with E-state index in [0.717, 1.165) is 41.9 Å². The van der Waals surface area contributed by atoms with Crippen molar-refractivity contribution in [3.63, 3.8) is 0 Å². The fourth-order valence-corrected chi connectivity index (χ4v) is 3.14. The third kappa shape index (κ3) is 2.63. The predicted octanol–water partition coefficient (Wildman–Crippen LogP) is 1.89. The average molecular weight is 322 g/mol. The SMILES string of the molecule is OC[C@@H]1CCCN1c1nccc(-c2cn[nH]c2-c2ccncc2)n1. The van der Waals surface area contributed by atoms with Crippen LogP contribution in [0, 0.1) is 0 Å².